The van der Waals surface area contributed by atoms with E-state index in [4.69, 9.17) is 0 Å². The molecule has 0 aromatic heterocycles. The second-order valence-corrected chi connectivity index (χ2v) is 10.4. The summed E-state index contributed by atoms with van der Waals surface area (Å²) >= 11 is 0. The van der Waals surface area contributed by atoms with E-state index in [1.54, 1.807) is 6.92 Å². The molecule has 1 aromatic rings. The number of benzene rings is 1. The van der Waals surface area contributed by atoms with Gasteiger partial charge in [-0.1, -0.05) is 45.0 Å². The topological polar surface area (TPSA) is 49.4 Å². The summed E-state index contributed by atoms with van der Waals surface area (Å²) in [5, 5.41) is 3.20. The van der Waals surface area contributed by atoms with Gasteiger partial charge in [0.15, 0.2) is 0 Å². The van der Waals surface area contributed by atoms with Crippen molar-refractivity contribution in [3.8, 4) is 0 Å². The Morgan fingerprint density at radius 2 is 1.79 bits per heavy atom. The van der Waals surface area contributed by atoms with Gasteiger partial charge in [0, 0.05) is 12.8 Å². The van der Waals surface area contributed by atoms with E-state index >= 15 is 0 Å². The molecule has 1 spiro atoms. The van der Waals surface area contributed by atoms with Crippen molar-refractivity contribution < 1.29 is 9.59 Å². The van der Waals surface area contributed by atoms with Crippen molar-refractivity contribution in [3.05, 3.63) is 35.4 Å². The summed E-state index contributed by atoms with van der Waals surface area (Å²) in [7, 11) is 0. The lowest BCUT2D eigenvalue weighted by atomic mass is 9.63. The zero-order chi connectivity index (χ0) is 21.1. The van der Waals surface area contributed by atoms with Crippen molar-refractivity contribution in [3.63, 3.8) is 0 Å². The largest absolute Gasteiger partial charge is 0.349 e. The Morgan fingerprint density at radius 1 is 1.10 bits per heavy atom. The number of Topliss-reactive ketones (excluding diaryl/α,β-unsaturated/α-hetero) is 1. The molecule has 1 N–H and O–H groups in total. The van der Waals surface area contributed by atoms with Crippen LogP contribution in [0.4, 0.5) is 0 Å². The number of fused-ring (bicyclic) bond motifs is 2. The molecule has 4 nitrogen and oxygen atoms in total. The third-order valence-corrected chi connectivity index (χ3v) is 6.85. The lowest BCUT2D eigenvalue weighted by molar-refractivity contribution is -0.125. The molecule has 1 amide bonds. The van der Waals surface area contributed by atoms with Gasteiger partial charge < -0.3 is 15.0 Å². The molecule has 160 valence electrons. The maximum Gasteiger partial charge on any atom is 0.220 e. The molecular formula is C25H38N2O2. The standard InChI is InChI=1S/C25H38N2O2/c1-19(28)9-10-23(29)26-22-11-12-25(21-8-6-5-7-20(21)22)14-17-27(18-15-25)16-13-24(2,3)4/h5-8,22H,9-18H2,1-4H3,(H,26,29)/t22-/m1/s1. The van der Waals surface area contributed by atoms with Gasteiger partial charge in [0.05, 0.1) is 6.04 Å². The number of nitrogens with one attached hydrogen (secondary N) is 1. The van der Waals surface area contributed by atoms with E-state index in [0.717, 1.165) is 12.8 Å². The normalized spacial score (nSPS) is 21.6. The van der Waals surface area contributed by atoms with Crippen molar-refractivity contribution in [2.24, 2.45) is 5.41 Å². The van der Waals surface area contributed by atoms with Crippen LogP contribution in [0.5, 0.6) is 0 Å². The minimum Gasteiger partial charge on any atom is -0.349 e. The Hall–Kier alpha value is -1.68. The first-order valence-corrected chi connectivity index (χ1v) is 11.3. The first-order chi connectivity index (χ1) is 13.7. The van der Waals surface area contributed by atoms with E-state index < -0.39 is 0 Å². The number of hydrogen-bond acceptors (Lipinski definition) is 3. The molecule has 1 aliphatic carbocycles. The number of rotatable bonds is 6. The molecule has 1 atom stereocenters. The summed E-state index contributed by atoms with van der Waals surface area (Å²) in [6.07, 6.45) is 6.40. The fraction of sp³-hybridized carbons (Fsp3) is 0.680. The Labute approximate surface area is 176 Å². The zero-order valence-corrected chi connectivity index (χ0v) is 18.7. The Kier molecular flexibility index (Phi) is 6.83. The van der Waals surface area contributed by atoms with Crippen LogP contribution in [-0.2, 0) is 15.0 Å². The first kappa shape index (κ1) is 22.0. The third kappa shape index (κ3) is 5.69. The van der Waals surface area contributed by atoms with E-state index in [1.165, 1.54) is 50.0 Å². The second-order valence-electron chi connectivity index (χ2n) is 10.4. The highest BCUT2D eigenvalue weighted by Gasteiger charge is 2.42. The maximum absolute atomic E-state index is 12.3. The number of nitrogens with zero attached hydrogens (tertiary/aromatic N) is 1. The minimum atomic E-state index is -0.00653. The number of piperidine rings is 1. The molecule has 1 heterocycles. The Morgan fingerprint density at radius 3 is 2.45 bits per heavy atom. The smallest absolute Gasteiger partial charge is 0.220 e. The summed E-state index contributed by atoms with van der Waals surface area (Å²) in [6.45, 7) is 12.0. The Bertz CT molecular complexity index is 727. The molecule has 0 unspecified atom stereocenters. The van der Waals surface area contributed by atoms with Gasteiger partial charge in [-0.25, -0.2) is 0 Å². The van der Waals surface area contributed by atoms with E-state index in [0.29, 0.717) is 18.3 Å². The molecular weight excluding hydrogens is 360 g/mol. The highest BCUT2D eigenvalue weighted by molar-refractivity contribution is 5.83. The lowest BCUT2D eigenvalue weighted by Gasteiger charge is -2.47. The average molecular weight is 399 g/mol. The quantitative estimate of drug-likeness (QED) is 0.750. The lowest BCUT2D eigenvalue weighted by Crippen LogP contribution is -2.46. The fourth-order valence-corrected chi connectivity index (χ4v) is 4.92. The van der Waals surface area contributed by atoms with E-state index in [-0.39, 0.29) is 23.1 Å². The number of carbonyl (C=O) groups is 2. The highest BCUT2D eigenvalue weighted by Crippen LogP contribution is 2.48. The number of amides is 1. The van der Waals surface area contributed by atoms with E-state index in [2.05, 4.69) is 55.3 Å². The molecule has 1 saturated heterocycles. The van der Waals surface area contributed by atoms with Gasteiger partial charge in [-0.2, -0.15) is 0 Å². The summed E-state index contributed by atoms with van der Waals surface area (Å²) in [5.74, 6) is 0.0642. The molecule has 1 fully saturated rings. The minimum absolute atomic E-state index is 0.00653. The number of carbonyl (C=O) groups excluding carboxylic acids is 2. The number of hydrogen-bond donors (Lipinski definition) is 1. The van der Waals surface area contributed by atoms with E-state index in [1.807, 2.05) is 0 Å². The summed E-state index contributed by atoms with van der Waals surface area (Å²) < 4.78 is 0. The van der Waals surface area contributed by atoms with Gasteiger partial charge in [0.2, 0.25) is 5.91 Å². The highest BCUT2D eigenvalue weighted by atomic mass is 16.2. The van der Waals surface area contributed by atoms with Gasteiger partial charge in [0.25, 0.3) is 0 Å². The van der Waals surface area contributed by atoms with Crippen LogP contribution in [0.3, 0.4) is 0 Å². The molecule has 0 saturated carbocycles. The van der Waals surface area contributed by atoms with Crippen LogP contribution < -0.4 is 5.32 Å². The maximum atomic E-state index is 12.3. The van der Waals surface area contributed by atoms with Crippen molar-refractivity contribution in [2.75, 3.05) is 19.6 Å². The molecule has 1 aliphatic heterocycles. The SMILES string of the molecule is CC(=O)CCC(=O)N[C@@H]1CCC2(CCN(CCC(C)(C)C)CC2)c2ccccc21. The average Bonchev–Trinajstić information content (AvgIpc) is 2.68. The summed E-state index contributed by atoms with van der Waals surface area (Å²) in [5.41, 5.74) is 3.38. The third-order valence-electron chi connectivity index (χ3n) is 6.85. The van der Waals surface area contributed by atoms with Crippen molar-refractivity contribution in [1.82, 2.24) is 10.2 Å². The van der Waals surface area contributed by atoms with Crippen LogP contribution in [0.2, 0.25) is 0 Å². The van der Waals surface area contributed by atoms with Crippen LogP contribution in [-0.4, -0.2) is 36.2 Å². The molecule has 2 aliphatic rings. The molecule has 1 aromatic carbocycles. The molecule has 3 rings (SSSR count). The summed E-state index contributed by atoms with van der Waals surface area (Å²) in [4.78, 5) is 26.1. The number of likely N-dealkylation sites (tertiary alicyclic amines) is 1. The predicted octanol–water partition coefficient (Wildman–Crippen LogP) is 4.78. The van der Waals surface area contributed by atoms with Crippen LogP contribution >= 0.6 is 0 Å². The van der Waals surface area contributed by atoms with Crippen molar-refractivity contribution in [2.45, 2.75) is 84.1 Å². The molecule has 0 radical (unpaired) electrons. The molecule has 0 bridgehead atoms. The van der Waals surface area contributed by atoms with E-state index in [9.17, 15) is 9.59 Å². The van der Waals surface area contributed by atoms with Crippen LogP contribution in [0.15, 0.2) is 24.3 Å². The van der Waals surface area contributed by atoms with Gasteiger partial charge >= 0.3 is 0 Å². The number of ketones is 1. The van der Waals surface area contributed by atoms with Crippen LogP contribution in [0.1, 0.15) is 89.8 Å². The van der Waals surface area contributed by atoms with Gasteiger partial charge in [-0.15, -0.1) is 0 Å². The predicted molar refractivity (Wildman–Crippen MR) is 118 cm³/mol. The fourth-order valence-electron chi connectivity index (χ4n) is 4.92. The van der Waals surface area contributed by atoms with Gasteiger partial charge in [0.1, 0.15) is 5.78 Å². The monoisotopic (exact) mass is 398 g/mol. The first-order valence-electron chi connectivity index (χ1n) is 11.3. The molecule has 4 heteroatoms. The molecule has 29 heavy (non-hydrogen) atoms. The van der Waals surface area contributed by atoms with Gasteiger partial charge in [-0.05, 0) is 80.6 Å². The summed E-state index contributed by atoms with van der Waals surface area (Å²) in [6, 6.07) is 8.79. The van der Waals surface area contributed by atoms with Gasteiger partial charge in [-0.3, -0.25) is 4.79 Å². The Balaban J connectivity index is 1.66. The van der Waals surface area contributed by atoms with Crippen molar-refractivity contribution in [1.29, 1.82) is 0 Å². The van der Waals surface area contributed by atoms with Crippen LogP contribution in [0.25, 0.3) is 0 Å². The second kappa shape index (κ2) is 8.99. The van der Waals surface area contributed by atoms with Crippen LogP contribution in [0, 0.1) is 5.41 Å². The van der Waals surface area contributed by atoms with Crippen molar-refractivity contribution >= 4 is 11.7 Å². The zero-order valence-electron chi connectivity index (χ0n) is 18.7.